The molecule has 0 saturated carbocycles. The lowest BCUT2D eigenvalue weighted by Crippen LogP contribution is -2.33. The number of aryl methyl sites for hydroxylation is 2. The summed E-state index contributed by atoms with van der Waals surface area (Å²) < 4.78 is 13.2. The average Bonchev–Trinajstić information content (AvgIpc) is 2.86. The lowest BCUT2D eigenvalue weighted by molar-refractivity contribution is 0.0212. The number of likely N-dealkylation sites (tertiary alicyclic amines) is 1. The van der Waals surface area contributed by atoms with Crippen molar-refractivity contribution < 1.29 is 14.3 Å². The third kappa shape index (κ3) is 3.20. The van der Waals surface area contributed by atoms with Crippen molar-refractivity contribution >= 4 is 16.8 Å². The molecule has 5 heteroatoms. The predicted octanol–water partition coefficient (Wildman–Crippen LogP) is 4.44. The van der Waals surface area contributed by atoms with Gasteiger partial charge in [0.2, 0.25) is 0 Å². The molecule has 1 atom stereocenters. The molecule has 0 unspecified atom stereocenters. The molecular formula is C23H25FN2O2. The smallest absolute Gasteiger partial charge is 0.255 e. The highest BCUT2D eigenvalue weighted by atomic mass is 19.1. The number of hydrogen-bond acceptors (Lipinski definition) is 2. The average molecular weight is 380 g/mol. The largest absolute Gasteiger partial charge is 0.385 e. The summed E-state index contributed by atoms with van der Waals surface area (Å²) >= 11 is 0. The number of nitrogens with one attached hydrogen (secondary N) is 1. The Kier molecular flexibility index (Phi) is 4.71. The van der Waals surface area contributed by atoms with Gasteiger partial charge in [-0.15, -0.1) is 0 Å². The van der Waals surface area contributed by atoms with Crippen LogP contribution < -0.4 is 0 Å². The monoisotopic (exact) mass is 380 g/mol. The van der Waals surface area contributed by atoms with Gasteiger partial charge < -0.3 is 15.0 Å². The van der Waals surface area contributed by atoms with Gasteiger partial charge in [0.15, 0.2) is 0 Å². The van der Waals surface area contributed by atoms with Crippen LogP contribution in [0.3, 0.4) is 0 Å². The van der Waals surface area contributed by atoms with E-state index in [1.165, 1.54) is 12.1 Å². The van der Waals surface area contributed by atoms with Crippen molar-refractivity contribution in [3.63, 3.8) is 0 Å². The van der Waals surface area contributed by atoms with Gasteiger partial charge in [-0.1, -0.05) is 24.3 Å². The first-order chi connectivity index (χ1) is 13.4. The van der Waals surface area contributed by atoms with Crippen LogP contribution in [-0.4, -0.2) is 34.0 Å². The van der Waals surface area contributed by atoms with E-state index in [0.29, 0.717) is 43.5 Å². The summed E-state index contributed by atoms with van der Waals surface area (Å²) in [6.45, 7) is 5.12. The first-order valence-corrected chi connectivity index (χ1v) is 9.75. The molecule has 3 aromatic rings. The molecule has 1 aliphatic heterocycles. The zero-order valence-corrected chi connectivity index (χ0v) is 16.3. The number of aromatic nitrogens is 1. The van der Waals surface area contributed by atoms with E-state index < -0.39 is 5.60 Å². The van der Waals surface area contributed by atoms with Gasteiger partial charge in [-0.3, -0.25) is 4.79 Å². The number of carbonyl (C=O) groups excluding carboxylic acids is 1. The van der Waals surface area contributed by atoms with Gasteiger partial charge in [-0.25, -0.2) is 4.39 Å². The van der Waals surface area contributed by atoms with E-state index in [1.807, 2.05) is 30.0 Å². The van der Waals surface area contributed by atoms with Crippen LogP contribution in [0.25, 0.3) is 10.9 Å². The number of para-hydroxylation sites is 1. The Morgan fingerprint density at radius 3 is 2.61 bits per heavy atom. The summed E-state index contributed by atoms with van der Waals surface area (Å²) in [6, 6.07) is 11.8. The molecule has 146 valence electrons. The fraction of sp³-hybridized carbons (Fsp3) is 0.348. The van der Waals surface area contributed by atoms with Crippen LogP contribution in [0.1, 0.15) is 46.4 Å². The van der Waals surface area contributed by atoms with Crippen molar-refractivity contribution in [3.05, 3.63) is 70.7 Å². The molecule has 2 N–H and O–H groups in total. The van der Waals surface area contributed by atoms with Crippen LogP contribution in [0.2, 0.25) is 0 Å². The Morgan fingerprint density at radius 1 is 1.11 bits per heavy atom. The Hall–Kier alpha value is -2.66. The fourth-order valence-corrected chi connectivity index (χ4v) is 4.20. The maximum atomic E-state index is 13.3. The summed E-state index contributed by atoms with van der Waals surface area (Å²) in [4.78, 5) is 18.4. The molecule has 1 aromatic heterocycles. The Bertz CT molecular complexity index is 1030. The first-order valence-electron chi connectivity index (χ1n) is 9.75. The number of carbonyl (C=O) groups is 1. The molecule has 0 radical (unpaired) electrons. The minimum Gasteiger partial charge on any atom is -0.385 e. The highest BCUT2D eigenvalue weighted by Crippen LogP contribution is 2.34. The maximum Gasteiger partial charge on any atom is 0.255 e. The molecular weight excluding hydrogens is 355 g/mol. The second-order valence-electron chi connectivity index (χ2n) is 7.79. The van der Waals surface area contributed by atoms with Crippen LogP contribution in [0.5, 0.6) is 0 Å². The normalized spacial score (nSPS) is 20.4. The van der Waals surface area contributed by atoms with Gasteiger partial charge in [-0.2, -0.15) is 0 Å². The summed E-state index contributed by atoms with van der Waals surface area (Å²) in [6.07, 6.45) is 1.68. The summed E-state index contributed by atoms with van der Waals surface area (Å²) in [7, 11) is 0. The zero-order valence-electron chi connectivity index (χ0n) is 16.3. The Labute approximate surface area is 164 Å². The minimum atomic E-state index is -1.03. The number of benzene rings is 2. The number of aliphatic hydroxyl groups is 1. The van der Waals surface area contributed by atoms with Crippen LogP contribution in [0, 0.1) is 19.7 Å². The number of hydrogen-bond donors (Lipinski definition) is 2. The second kappa shape index (κ2) is 7.06. The molecule has 1 saturated heterocycles. The Balaban J connectivity index is 1.59. The lowest BCUT2D eigenvalue weighted by Gasteiger charge is -2.27. The SMILES string of the molecule is Cc1[nH]c2c(C(=O)N3CCC[C@](O)(c4ccc(F)cc4)CC3)cccc2c1C. The van der Waals surface area contributed by atoms with Gasteiger partial charge in [-0.05, 0) is 62.4 Å². The summed E-state index contributed by atoms with van der Waals surface area (Å²) in [5.41, 5.74) is 3.44. The van der Waals surface area contributed by atoms with Gasteiger partial charge in [0, 0.05) is 24.2 Å². The van der Waals surface area contributed by atoms with Crippen molar-refractivity contribution in [2.45, 2.75) is 38.7 Å². The molecule has 28 heavy (non-hydrogen) atoms. The van der Waals surface area contributed by atoms with E-state index in [0.717, 1.165) is 22.2 Å². The van der Waals surface area contributed by atoms with Crippen LogP contribution in [0.4, 0.5) is 4.39 Å². The topological polar surface area (TPSA) is 56.3 Å². The molecule has 4 nitrogen and oxygen atoms in total. The number of fused-ring (bicyclic) bond motifs is 1. The molecule has 4 rings (SSSR count). The highest BCUT2D eigenvalue weighted by molar-refractivity contribution is 6.06. The molecule has 0 spiro atoms. The number of amides is 1. The number of nitrogens with zero attached hydrogens (tertiary/aromatic N) is 1. The quantitative estimate of drug-likeness (QED) is 0.691. The van der Waals surface area contributed by atoms with E-state index in [9.17, 15) is 14.3 Å². The van der Waals surface area contributed by atoms with E-state index in [4.69, 9.17) is 0 Å². The van der Waals surface area contributed by atoms with Crippen molar-refractivity contribution in [3.8, 4) is 0 Å². The highest BCUT2D eigenvalue weighted by Gasteiger charge is 2.33. The van der Waals surface area contributed by atoms with E-state index in [2.05, 4.69) is 11.9 Å². The molecule has 1 amide bonds. The summed E-state index contributed by atoms with van der Waals surface area (Å²) in [5.74, 6) is -0.336. The van der Waals surface area contributed by atoms with E-state index >= 15 is 0 Å². The number of H-pyrrole nitrogens is 1. The van der Waals surface area contributed by atoms with Crippen molar-refractivity contribution in [2.75, 3.05) is 13.1 Å². The number of rotatable bonds is 2. The molecule has 0 bridgehead atoms. The van der Waals surface area contributed by atoms with Crippen LogP contribution in [0.15, 0.2) is 42.5 Å². The summed E-state index contributed by atoms with van der Waals surface area (Å²) in [5, 5.41) is 12.2. The molecule has 0 aliphatic carbocycles. The molecule has 1 aliphatic rings. The van der Waals surface area contributed by atoms with Crippen molar-refractivity contribution in [1.29, 1.82) is 0 Å². The third-order valence-corrected chi connectivity index (χ3v) is 6.06. The molecule has 2 heterocycles. The van der Waals surface area contributed by atoms with Crippen molar-refractivity contribution in [2.24, 2.45) is 0 Å². The zero-order chi connectivity index (χ0) is 19.9. The fourth-order valence-electron chi connectivity index (χ4n) is 4.20. The molecule has 2 aromatic carbocycles. The van der Waals surface area contributed by atoms with Gasteiger partial charge in [0.1, 0.15) is 5.82 Å². The van der Waals surface area contributed by atoms with Gasteiger partial charge in [0.05, 0.1) is 16.7 Å². The lowest BCUT2D eigenvalue weighted by atomic mass is 9.87. The van der Waals surface area contributed by atoms with Crippen molar-refractivity contribution in [1.82, 2.24) is 9.88 Å². The standard InChI is InChI=1S/C23H25FN2O2/c1-15-16(2)25-21-19(15)5-3-6-20(21)22(27)26-13-4-11-23(28,12-14-26)17-7-9-18(24)10-8-17/h3,5-10,25,28H,4,11-14H2,1-2H3/t23-/m1/s1. The van der Waals surface area contributed by atoms with Crippen LogP contribution in [-0.2, 0) is 5.60 Å². The first kappa shape index (κ1) is 18.7. The predicted molar refractivity (Wildman–Crippen MR) is 108 cm³/mol. The number of aromatic amines is 1. The third-order valence-electron chi connectivity index (χ3n) is 6.06. The second-order valence-corrected chi connectivity index (χ2v) is 7.79. The van der Waals surface area contributed by atoms with Gasteiger partial charge >= 0.3 is 0 Å². The number of halogens is 1. The van der Waals surface area contributed by atoms with Gasteiger partial charge in [0.25, 0.3) is 5.91 Å². The van der Waals surface area contributed by atoms with E-state index in [-0.39, 0.29) is 11.7 Å². The van der Waals surface area contributed by atoms with E-state index in [1.54, 1.807) is 12.1 Å². The Morgan fingerprint density at radius 2 is 1.86 bits per heavy atom. The molecule has 1 fully saturated rings. The van der Waals surface area contributed by atoms with Crippen LogP contribution >= 0.6 is 0 Å². The maximum absolute atomic E-state index is 13.3. The minimum absolute atomic E-state index is 0.0183.